The molecule has 3 heteroatoms. The van der Waals surface area contributed by atoms with Crippen LogP contribution in [0.2, 0.25) is 0 Å². The van der Waals surface area contributed by atoms with Crippen molar-refractivity contribution in [2.45, 2.75) is 70.6 Å². The van der Waals surface area contributed by atoms with Crippen molar-refractivity contribution in [1.29, 1.82) is 0 Å². The molecule has 0 unspecified atom stereocenters. The van der Waals surface area contributed by atoms with Gasteiger partial charge in [0.15, 0.2) is 0 Å². The number of hydrogen-bond donors (Lipinski definition) is 0. The van der Waals surface area contributed by atoms with Gasteiger partial charge in [-0.05, 0) is 46.6 Å². The van der Waals surface area contributed by atoms with Crippen molar-refractivity contribution in [1.82, 2.24) is 0 Å². The number of ether oxygens (including phenoxy) is 2. The number of allylic oxidation sites excluding steroid dienone is 1. The first-order valence-electron chi connectivity index (χ1n) is 12.7. The molecule has 0 N–H and O–H groups in total. The highest BCUT2D eigenvalue weighted by atomic mass is 16.5. The molecule has 0 amide bonds. The zero-order valence-corrected chi connectivity index (χ0v) is 22.8. The number of carbonyl (C=O) groups is 1. The van der Waals surface area contributed by atoms with Gasteiger partial charge >= 0.3 is 5.97 Å². The van der Waals surface area contributed by atoms with Crippen molar-refractivity contribution in [3.05, 3.63) is 101 Å². The maximum Gasteiger partial charge on any atom is 0.322 e. The van der Waals surface area contributed by atoms with Crippen molar-refractivity contribution in [2.24, 2.45) is 0 Å². The first-order chi connectivity index (χ1) is 16.9. The van der Waals surface area contributed by atoms with E-state index in [-0.39, 0.29) is 22.7 Å². The molecule has 0 heterocycles. The van der Waals surface area contributed by atoms with Crippen molar-refractivity contribution >= 4 is 12.0 Å². The minimum absolute atomic E-state index is 0.157. The molecule has 0 bridgehead atoms. The average Bonchev–Trinajstić information content (AvgIpc) is 2.83. The number of methoxy groups -OCH3 is 1. The lowest BCUT2D eigenvalue weighted by Gasteiger charge is -2.39. The number of carbonyl (C=O) groups excluding carboxylic acids is 1. The van der Waals surface area contributed by atoms with Crippen LogP contribution in [-0.2, 0) is 21.0 Å². The van der Waals surface area contributed by atoms with Crippen LogP contribution in [0.5, 0.6) is 11.5 Å². The molecule has 0 radical (unpaired) electrons. The van der Waals surface area contributed by atoms with E-state index >= 15 is 0 Å². The zero-order valence-electron chi connectivity index (χ0n) is 22.8. The summed E-state index contributed by atoms with van der Waals surface area (Å²) in [5, 5.41) is 0. The molecule has 0 fully saturated rings. The van der Waals surface area contributed by atoms with E-state index in [1.54, 1.807) is 7.11 Å². The fraction of sp³-hybridized carbons (Fsp3) is 0.364. The number of hydrogen-bond acceptors (Lipinski definition) is 3. The Labute approximate surface area is 216 Å². The van der Waals surface area contributed by atoms with Crippen LogP contribution >= 0.6 is 0 Å². The van der Waals surface area contributed by atoms with Crippen LogP contribution in [0.4, 0.5) is 0 Å². The molecule has 3 aromatic rings. The van der Waals surface area contributed by atoms with Gasteiger partial charge in [0.05, 0.1) is 7.11 Å². The van der Waals surface area contributed by atoms with E-state index < -0.39 is 5.41 Å². The fourth-order valence-corrected chi connectivity index (χ4v) is 5.16. The summed E-state index contributed by atoms with van der Waals surface area (Å²) < 4.78 is 12.2. The minimum Gasteiger partial charge on any atom is -0.497 e. The lowest BCUT2D eigenvalue weighted by atomic mass is 9.65. The molecular weight excluding hydrogens is 444 g/mol. The second kappa shape index (κ2) is 9.28. The molecule has 0 saturated heterocycles. The normalized spacial score (nSPS) is 19.5. The second-order valence-corrected chi connectivity index (χ2v) is 12.0. The standard InChI is InChI=1S/C33H38O3/c1-31(2,3)27-20-24(35-8)21-28(32(4,5)6)29(27)36-30(34)33(7)25-17-13-12-16-23(25)18-19-26(33)22-14-10-9-11-15-22/h9-21,26H,1-8H3/t26-,33-/m1/s1. The molecule has 1 aliphatic carbocycles. The third kappa shape index (κ3) is 4.59. The predicted octanol–water partition coefficient (Wildman–Crippen LogP) is 7.96. The molecule has 0 saturated carbocycles. The van der Waals surface area contributed by atoms with Gasteiger partial charge in [0.1, 0.15) is 16.9 Å². The van der Waals surface area contributed by atoms with Crippen molar-refractivity contribution in [3.8, 4) is 11.5 Å². The lowest BCUT2D eigenvalue weighted by molar-refractivity contribution is -0.141. The van der Waals surface area contributed by atoms with Crippen LogP contribution in [0, 0.1) is 0 Å². The molecule has 3 nitrogen and oxygen atoms in total. The summed E-state index contributed by atoms with van der Waals surface area (Å²) in [6, 6.07) is 22.4. The molecule has 0 aromatic heterocycles. The largest absolute Gasteiger partial charge is 0.497 e. The molecule has 4 rings (SSSR count). The van der Waals surface area contributed by atoms with Crippen LogP contribution < -0.4 is 9.47 Å². The Kier molecular flexibility index (Phi) is 6.64. The van der Waals surface area contributed by atoms with E-state index in [1.165, 1.54) is 0 Å². The second-order valence-electron chi connectivity index (χ2n) is 12.0. The fourth-order valence-electron chi connectivity index (χ4n) is 5.16. The molecule has 3 aromatic carbocycles. The van der Waals surface area contributed by atoms with Gasteiger partial charge in [-0.2, -0.15) is 0 Å². The third-order valence-electron chi connectivity index (χ3n) is 7.30. The van der Waals surface area contributed by atoms with Gasteiger partial charge in [0.2, 0.25) is 0 Å². The number of esters is 1. The maximum absolute atomic E-state index is 14.5. The Morgan fingerprint density at radius 2 is 1.39 bits per heavy atom. The Bertz CT molecular complexity index is 1250. The molecule has 36 heavy (non-hydrogen) atoms. The highest BCUT2D eigenvalue weighted by molar-refractivity contribution is 5.90. The summed E-state index contributed by atoms with van der Waals surface area (Å²) in [6.45, 7) is 14.8. The molecule has 2 atom stereocenters. The number of rotatable bonds is 4. The average molecular weight is 483 g/mol. The monoisotopic (exact) mass is 482 g/mol. The van der Waals surface area contributed by atoms with Gasteiger partial charge in [0, 0.05) is 17.0 Å². The molecule has 0 spiro atoms. The molecule has 0 aliphatic heterocycles. The summed E-state index contributed by atoms with van der Waals surface area (Å²) in [5.41, 5.74) is 3.61. The Hall–Kier alpha value is -3.33. The highest BCUT2D eigenvalue weighted by Crippen LogP contribution is 2.48. The first-order valence-corrected chi connectivity index (χ1v) is 12.7. The van der Waals surface area contributed by atoms with Crippen molar-refractivity contribution < 1.29 is 14.3 Å². The summed E-state index contributed by atoms with van der Waals surface area (Å²) in [7, 11) is 1.68. The molecular formula is C33H38O3. The first kappa shape index (κ1) is 25.8. The Morgan fingerprint density at radius 1 is 0.833 bits per heavy atom. The van der Waals surface area contributed by atoms with E-state index in [0.29, 0.717) is 5.75 Å². The lowest BCUT2D eigenvalue weighted by Crippen LogP contribution is -2.43. The SMILES string of the molecule is COc1cc(C(C)(C)C)c(OC(=O)[C@]2(C)c3ccccc3C=C[C@@H]2c2ccccc2)c(C(C)(C)C)c1. The minimum atomic E-state index is -0.906. The molecule has 188 valence electrons. The Balaban J connectivity index is 1.91. The van der Waals surface area contributed by atoms with Crippen LogP contribution in [-0.4, -0.2) is 13.1 Å². The summed E-state index contributed by atoms with van der Waals surface area (Å²) in [4.78, 5) is 14.5. The van der Waals surface area contributed by atoms with Gasteiger partial charge < -0.3 is 9.47 Å². The quantitative estimate of drug-likeness (QED) is 0.279. The summed E-state index contributed by atoms with van der Waals surface area (Å²) in [5.74, 6) is 0.995. The predicted molar refractivity (Wildman–Crippen MR) is 148 cm³/mol. The molecule has 1 aliphatic rings. The van der Waals surface area contributed by atoms with Crippen LogP contribution in [0.25, 0.3) is 6.08 Å². The van der Waals surface area contributed by atoms with E-state index in [1.807, 2.05) is 49.4 Å². The third-order valence-corrected chi connectivity index (χ3v) is 7.30. The van der Waals surface area contributed by atoms with Gasteiger partial charge in [-0.15, -0.1) is 0 Å². The number of benzene rings is 3. The van der Waals surface area contributed by atoms with Crippen molar-refractivity contribution in [2.75, 3.05) is 7.11 Å². The Morgan fingerprint density at radius 3 is 1.94 bits per heavy atom. The topological polar surface area (TPSA) is 35.5 Å². The van der Waals surface area contributed by atoms with E-state index in [0.717, 1.165) is 33.6 Å². The highest BCUT2D eigenvalue weighted by Gasteiger charge is 2.47. The van der Waals surface area contributed by atoms with Gasteiger partial charge in [-0.3, -0.25) is 4.79 Å². The van der Waals surface area contributed by atoms with Crippen LogP contribution in [0.3, 0.4) is 0 Å². The van der Waals surface area contributed by atoms with E-state index in [4.69, 9.17) is 9.47 Å². The van der Waals surface area contributed by atoms with Crippen LogP contribution in [0.15, 0.2) is 72.8 Å². The summed E-state index contributed by atoms with van der Waals surface area (Å²) in [6.07, 6.45) is 4.26. The van der Waals surface area contributed by atoms with Gasteiger partial charge in [0.25, 0.3) is 0 Å². The summed E-state index contributed by atoms with van der Waals surface area (Å²) >= 11 is 0. The smallest absolute Gasteiger partial charge is 0.322 e. The zero-order chi connectivity index (χ0) is 26.3. The van der Waals surface area contributed by atoms with Gasteiger partial charge in [-0.25, -0.2) is 0 Å². The van der Waals surface area contributed by atoms with E-state index in [2.05, 4.69) is 78.0 Å². The number of fused-ring (bicyclic) bond motifs is 1. The van der Waals surface area contributed by atoms with E-state index in [9.17, 15) is 4.79 Å². The van der Waals surface area contributed by atoms with Crippen molar-refractivity contribution in [3.63, 3.8) is 0 Å². The maximum atomic E-state index is 14.5. The van der Waals surface area contributed by atoms with Crippen LogP contribution in [0.1, 0.15) is 82.2 Å². The van der Waals surface area contributed by atoms with Gasteiger partial charge in [-0.1, -0.05) is 108 Å².